The van der Waals surface area contributed by atoms with Gasteiger partial charge in [0.25, 0.3) is 0 Å². The van der Waals surface area contributed by atoms with Gasteiger partial charge < -0.3 is 0 Å². The van der Waals surface area contributed by atoms with Crippen molar-refractivity contribution >= 4 is 0 Å². The van der Waals surface area contributed by atoms with Crippen LogP contribution in [0.25, 0.3) is 22.3 Å². The van der Waals surface area contributed by atoms with Crippen molar-refractivity contribution in [3.63, 3.8) is 0 Å². The second-order valence-corrected chi connectivity index (χ2v) is 8.93. The molecule has 0 nitrogen and oxygen atoms in total. The minimum atomic E-state index is -0.645. The number of allylic oxidation sites excluding steroid dienone is 2. The van der Waals surface area contributed by atoms with Gasteiger partial charge in [0.1, 0.15) is 17.5 Å². The van der Waals surface area contributed by atoms with E-state index in [1.54, 1.807) is 12.1 Å². The molecule has 0 aliphatic rings. The fourth-order valence-corrected chi connectivity index (χ4v) is 4.41. The second-order valence-electron chi connectivity index (χ2n) is 8.93. The minimum absolute atomic E-state index is 0.0329. The maximum absolute atomic E-state index is 15.0. The smallest absolute Gasteiger partial charge is 0.131 e. The molecule has 0 aromatic heterocycles. The lowest BCUT2D eigenvalue weighted by Gasteiger charge is -2.13. The summed E-state index contributed by atoms with van der Waals surface area (Å²) in [6.07, 6.45) is 5.45. The van der Waals surface area contributed by atoms with Crippen molar-refractivity contribution in [1.82, 2.24) is 0 Å². The highest BCUT2D eigenvalue weighted by Crippen LogP contribution is 2.31. The predicted molar refractivity (Wildman–Crippen MR) is 139 cm³/mol. The molecule has 0 heterocycles. The first-order chi connectivity index (χ1) is 17.0. The Morgan fingerprint density at radius 1 is 0.714 bits per heavy atom. The lowest BCUT2D eigenvalue weighted by atomic mass is 9.92. The molecule has 4 aromatic carbocycles. The summed E-state index contributed by atoms with van der Waals surface area (Å²) in [5.41, 5.74) is 4.53. The highest BCUT2D eigenvalue weighted by Gasteiger charge is 2.15. The first-order valence-electron chi connectivity index (χ1n) is 12.0. The van der Waals surface area contributed by atoms with Crippen molar-refractivity contribution in [2.75, 3.05) is 0 Å². The van der Waals surface area contributed by atoms with E-state index in [9.17, 15) is 8.78 Å². The van der Waals surface area contributed by atoms with Crippen LogP contribution in [0.4, 0.5) is 13.2 Å². The summed E-state index contributed by atoms with van der Waals surface area (Å²) in [4.78, 5) is 0. The van der Waals surface area contributed by atoms with E-state index in [4.69, 9.17) is 0 Å². The fraction of sp³-hybridized carbons (Fsp3) is 0.188. The number of hydrogen-bond donors (Lipinski definition) is 0. The molecule has 0 aliphatic carbocycles. The first kappa shape index (κ1) is 24.5. The van der Waals surface area contributed by atoms with Crippen molar-refractivity contribution in [1.29, 1.82) is 0 Å². The Balaban J connectivity index is 1.51. The zero-order valence-corrected chi connectivity index (χ0v) is 20.1. The Labute approximate surface area is 205 Å². The fourth-order valence-electron chi connectivity index (χ4n) is 4.41. The average molecular weight is 471 g/mol. The molecule has 4 aromatic rings. The molecule has 0 unspecified atom stereocenters. The summed E-state index contributed by atoms with van der Waals surface area (Å²) in [5.74, 6) is -1.40. The second kappa shape index (κ2) is 11.2. The van der Waals surface area contributed by atoms with Crippen molar-refractivity contribution < 1.29 is 13.2 Å². The molecule has 178 valence electrons. The van der Waals surface area contributed by atoms with E-state index < -0.39 is 17.5 Å². The standard InChI is InChI=1S/C32H29F3/c1-3-4-6-11-29-31(34)20-27(21-32(29)35)28-17-16-26(19-30(28)33)25-14-12-23(13-15-25)18-22(2)24-9-7-5-8-10-24/h3-5,7-10,12-17,19-22H,6,11,18H2,1-2H3/t22-/m1/s1. The number of benzene rings is 4. The molecule has 0 spiro atoms. The molecular weight excluding hydrogens is 441 g/mol. The zero-order valence-electron chi connectivity index (χ0n) is 20.1. The molecule has 0 saturated heterocycles. The van der Waals surface area contributed by atoms with Crippen LogP contribution in [0.5, 0.6) is 0 Å². The molecule has 0 aliphatic heterocycles. The summed E-state index contributed by atoms with van der Waals surface area (Å²) in [6.45, 7) is 4.07. The summed E-state index contributed by atoms with van der Waals surface area (Å²) in [5, 5.41) is 0. The Kier molecular flexibility index (Phi) is 7.87. The quantitative estimate of drug-likeness (QED) is 0.225. The summed E-state index contributed by atoms with van der Waals surface area (Å²) in [6, 6.07) is 25.7. The van der Waals surface area contributed by atoms with Crippen LogP contribution in [0.15, 0.2) is 97.1 Å². The molecule has 0 amide bonds. The Morgan fingerprint density at radius 3 is 1.97 bits per heavy atom. The van der Waals surface area contributed by atoms with Crippen LogP contribution in [-0.2, 0) is 12.8 Å². The minimum Gasteiger partial charge on any atom is -0.207 e. The highest BCUT2D eigenvalue weighted by atomic mass is 19.1. The molecule has 0 fully saturated rings. The van der Waals surface area contributed by atoms with Gasteiger partial charge in [0, 0.05) is 11.1 Å². The molecule has 4 rings (SSSR count). The Morgan fingerprint density at radius 2 is 1.34 bits per heavy atom. The molecule has 0 radical (unpaired) electrons. The van der Waals surface area contributed by atoms with Crippen LogP contribution < -0.4 is 0 Å². The van der Waals surface area contributed by atoms with Crippen molar-refractivity contribution in [3.05, 3.63) is 131 Å². The average Bonchev–Trinajstić information content (AvgIpc) is 2.86. The van der Waals surface area contributed by atoms with Crippen molar-refractivity contribution in [2.45, 2.75) is 39.0 Å². The van der Waals surface area contributed by atoms with Gasteiger partial charge in [0.05, 0.1) is 0 Å². The van der Waals surface area contributed by atoms with E-state index in [0.717, 1.165) is 17.5 Å². The van der Waals surface area contributed by atoms with Gasteiger partial charge in [0.2, 0.25) is 0 Å². The lowest BCUT2D eigenvalue weighted by molar-refractivity contribution is 0.556. The SMILES string of the molecule is CC=CCCc1c(F)cc(-c2ccc(-c3ccc(C[C@@H](C)c4ccccc4)cc3)cc2F)cc1F. The van der Waals surface area contributed by atoms with E-state index in [0.29, 0.717) is 12.3 Å². The maximum atomic E-state index is 15.0. The van der Waals surface area contributed by atoms with E-state index in [2.05, 4.69) is 43.3 Å². The van der Waals surface area contributed by atoms with E-state index >= 15 is 4.39 Å². The highest BCUT2D eigenvalue weighted by molar-refractivity contribution is 5.71. The Hall–Kier alpha value is -3.59. The third kappa shape index (κ3) is 5.92. The first-order valence-corrected chi connectivity index (χ1v) is 12.0. The van der Waals surface area contributed by atoms with Gasteiger partial charge in [-0.25, -0.2) is 13.2 Å². The van der Waals surface area contributed by atoms with E-state index in [1.807, 2.05) is 37.3 Å². The Bertz CT molecular complexity index is 1280. The lowest BCUT2D eigenvalue weighted by Crippen LogP contribution is -1.98. The van der Waals surface area contributed by atoms with Crippen molar-refractivity contribution in [2.24, 2.45) is 0 Å². The summed E-state index contributed by atoms with van der Waals surface area (Å²) >= 11 is 0. The van der Waals surface area contributed by atoms with Crippen LogP contribution in [0, 0.1) is 17.5 Å². The third-order valence-electron chi connectivity index (χ3n) is 6.42. The molecule has 3 heteroatoms. The largest absolute Gasteiger partial charge is 0.207 e. The van der Waals surface area contributed by atoms with Gasteiger partial charge in [-0.1, -0.05) is 85.8 Å². The monoisotopic (exact) mass is 470 g/mol. The van der Waals surface area contributed by atoms with Crippen LogP contribution in [-0.4, -0.2) is 0 Å². The van der Waals surface area contributed by atoms with Crippen LogP contribution in [0.3, 0.4) is 0 Å². The van der Waals surface area contributed by atoms with Crippen LogP contribution >= 0.6 is 0 Å². The van der Waals surface area contributed by atoms with Gasteiger partial charge in [0.15, 0.2) is 0 Å². The van der Waals surface area contributed by atoms with E-state index in [-0.39, 0.29) is 23.1 Å². The summed E-state index contributed by atoms with van der Waals surface area (Å²) < 4.78 is 44.1. The zero-order chi connectivity index (χ0) is 24.8. The van der Waals surface area contributed by atoms with Gasteiger partial charge in [-0.15, -0.1) is 0 Å². The number of hydrogen-bond acceptors (Lipinski definition) is 0. The third-order valence-corrected chi connectivity index (χ3v) is 6.42. The number of rotatable bonds is 8. The molecule has 1 atom stereocenters. The predicted octanol–water partition coefficient (Wildman–Crippen LogP) is 9.29. The molecule has 0 bridgehead atoms. The van der Waals surface area contributed by atoms with Gasteiger partial charge in [-0.3, -0.25) is 0 Å². The van der Waals surface area contributed by atoms with E-state index in [1.165, 1.54) is 29.3 Å². The van der Waals surface area contributed by atoms with Gasteiger partial charge in [-0.05, 0) is 78.1 Å². The molecular formula is C32H29F3. The van der Waals surface area contributed by atoms with Crippen LogP contribution in [0.1, 0.15) is 42.9 Å². The molecule has 35 heavy (non-hydrogen) atoms. The van der Waals surface area contributed by atoms with Gasteiger partial charge >= 0.3 is 0 Å². The van der Waals surface area contributed by atoms with Gasteiger partial charge in [-0.2, -0.15) is 0 Å². The normalized spacial score (nSPS) is 12.3. The topological polar surface area (TPSA) is 0 Å². The molecule has 0 N–H and O–H groups in total. The van der Waals surface area contributed by atoms with Crippen LogP contribution in [0.2, 0.25) is 0 Å². The number of halogens is 3. The van der Waals surface area contributed by atoms with Crippen molar-refractivity contribution in [3.8, 4) is 22.3 Å². The molecule has 0 saturated carbocycles. The summed E-state index contributed by atoms with van der Waals surface area (Å²) in [7, 11) is 0. The maximum Gasteiger partial charge on any atom is 0.131 e.